The Morgan fingerprint density at radius 3 is 3.05 bits per heavy atom. The highest BCUT2D eigenvalue weighted by molar-refractivity contribution is 6.31. The van der Waals surface area contributed by atoms with Crippen LogP contribution in [0.15, 0.2) is 18.2 Å². The molecule has 1 unspecified atom stereocenters. The molecule has 0 aliphatic carbocycles. The number of ether oxygens (including phenoxy) is 1. The molecule has 1 aliphatic rings. The summed E-state index contributed by atoms with van der Waals surface area (Å²) in [5.41, 5.74) is 0.581. The summed E-state index contributed by atoms with van der Waals surface area (Å²) in [4.78, 5) is 14.3. The van der Waals surface area contributed by atoms with Gasteiger partial charge in [-0.05, 0) is 37.6 Å². The molecule has 6 heteroatoms. The molecule has 2 rings (SSSR count). The van der Waals surface area contributed by atoms with Crippen molar-refractivity contribution in [2.45, 2.75) is 31.7 Å². The van der Waals surface area contributed by atoms with Gasteiger partial charge in [0, 0.05) is 24.0 Å². The van der Waals surface area contributed by atoms with Crippen LogP contribution in [0.5, 0.6) is 5.75 Å². The van der Waals surface area contributed by atoms with Crippen LogP contribution in [0, 0.1) is 0 Å². The largest absolute Gasteiger partial charge is 0.495 e. The topological polar surface area (TPSA) is 61.8 Å². The number of carbonyl (C=O) groups is 1. The number of anilines is 1. The normalized spacial score (nSPS) is 19.0. The van der Waals surface area contributed by atoms with Crippen molar-refractivity contribution in [2.24, 2.45) is 0 Å². The molecule has 1 aromatic rings. The Kier molecular flexibility index (Phi) is 6.49. The Bertz CT molecular complexity index is 510. The van der Waals surface area contributed by atoms with E-state index in [1.165, 1.54) is 0 Å². The third-order valence-electron chi connectivity index (χ3n) is 4.02. The van der Waals surface area contributed by atoms with Gasteiger partial charge in [-0.15, -0.1) is 0 Å². The quantitative estimate of drug-likeness (QED) is 0.843. The zero-order valence-electron chi connectivity index (χ0n) is 12.8. The maximum Gasteiger partial charge on any atom is 0.225 e. The predicted molar refractivity (Wildman–Crippen MR) is 87.5 cm³/mol. The van der Waals surface area contributed by atoms with E-state index in [9.17, 15) is 9.90 Å². The number of aliphatic hydroxyl groups excluding tert-OH is 1. The van der Waals surface area contributed by atoms with Crippen LogP contribution in [0.4, 0.5) is 5.69 Å². The average molecular weight is 327 g/mol. The van der Waals surface area contributed by atoms with Crippen LogP contribution < -0.4 is 10.1 Å². The molecular weight excluding hydrogens is 304 g/mol. The second-order valence-electron chi connectivity index (χ2n) is 5.51. The summed E-state index contributed by atoms with van der Waals surface area (Å²) in [7, 11) is 1.55. The number of carbonyl (C=O) groups excluding carboxylic acids is 1. The summed E-state index contributed by atoms with van der Waals surface area (Å²) in [5, 5.41) is 12.8. The molecule has 0 saturated carbocycles. The molecule has 2 N–H and O–H groups in total. The van der Waals surface area contributed by atoms with Gasteiger partial charge in [0.15, 0.2) is 0 Å². The van der Waals surface area contributed by atoms with Crippen LogP contribution in [0.2, 0.25) is 5.02 Å². The highest BCUT2D eigenvalue weighted by Crippen LogP contribution is 2.27. The van der Waals surface area contributed by atoms with E-state index in [1.54, 1.807) is 25.3 Å². The summed E-state index contributed by atoms with van der Waals surface area (Å²) < 4.78 is 5.21. The first-order valence-electron chi connectivity index (χ1n) is 7.62. The molecule has 0 bridgehead atoms. The van der Waals surface area contributed by atoms with Crippen LogP contribution in [0.25, 0.3) is 0 Å². The number of rotatable bonds is 6. The molecule has 5 nitrogen and oxygen atoms in total. The van der Waals surface area contributed by atoms with Gasteiger partial charge in [0.05, 0.1) is 19.4 Å². The van der Waals surface area contributed by atoms with E-state index in [0.717, 1.165) is 25.8 Å². The number of hydrogen-bond acceptors (Lipinski definition) is 4. The molecule has 0 spiro atoms. The number of likely N-dealkylation sites (tertiary alicyclic amines) is 1. The van der Waals surface area contributed by atoms with Crippen molar-refractivity contribution in [3.8, 4) is 5.75 Å². The van der Waals surface area contributed by atoms with Crippen LogP contribution in [0.3, 0.4) is 0 Å². The van der Waals surface area contributed by atoms with Crippen molar-refractivity contribution in [1.29, 1.82) is 0 Å². The van der Waals surface area contributed by atoms with Crippen molar-refractivity contribution < 1.29 is 14.6 Å². The fourth-order valence-corrected chi connectivity index (χ4v) is 2.97. The highest BCUT2D eigenvalue weighted by Gasteiger charge is 2.22. The Morgan fingerprint density at radius 1 is 1.50 bits per heavy atom. The SMILES string of the molecule is COc1ccc(Cl)cc1NC(=O)CCN1CCCCC1CO. The summed E-state index contributed by atoms with van der Waals surface area (Å²) >= 11 is 5.95. The third kappa shape index (κ3) is 4.60. The van der Waals surface area contributed by atoms with Crippen molar-refractivity contribution in [3.63, 3.8) is 0 Å². The van der Waals surface area contributed by atoms with Gasteiger partial charge >= 0.3 is 0 Å². The maximum atomic E-state index is 12.1. The lowest BCUT2D eigenvalue weighted by Crippen LogP contribution is -2.43. The Labute approximate surface area is 136 Å². The Morgan fingerprint density at radius 2 is 2.32 bits per heavy atom. The average Bonchev–Trinajstić information content (AvgIpc) is 2.53. The predicted octanol–water partition coefficient (Wildman–Crippen LogP) is 2.52. The number of amides is 1. The summed E-state index contributed by atoms with van der Waals surface area (Å²) in [6, 6.07) is 5.30. The molecule has 1 fully saturated rings. The molecule has 1 atom stereocenters. The maximum absolute atomic E-state index is 12.1. The van der Waals surface area contributed by atoms with E-state index in [0.29, 0.717) is 29.4 Å². The van der Waals surface area contributed by atoms with Crippen molar-refractivity contribution in [3.05, 3.63) is 23.2 Å². The highest BCUT2D eigenvalue weighted by atomic mass is 35.5. The second-order valence-corrected chi connectivity index (χ2v) is 5.95. The van der Waals surface area contributed by atoms with E-state index in [1.807, 2.05) is 0 Å². The first-order valence-corrected chi connectivity index (χ1v) is 8.00. The third-order valence-corrected chi connectivity index (χ3v) is 4.26. The minimum Gasteiger partial charge on any atom is -0.495 e. The fraction of sp³-hybridized carbons (Fsp3) is 0.562. The number of halogens is 1. The molecule has 122 valence electrons. The van der Waals surface area contributed by atoms with Gasteiger partial charge in [0.25, 0.3) is 0 Å². The first-order chi connectivity index (χ1) is 10.6. The lowest BCUT2D eigenvalue weighted by molar-refractivity contribution is -0.116. The number of hydrogen-bond donors (Lipinski definition) is 2. The van der Waals surface area contributed by atoms with Crippen LogP contribution in [0.1, 0.15) is 25.7 Å². The zero-order chi connectivity index (χ0) is 15.9. The van der Waals surface area contributed by atoms with Gasteiger partial charge in [0.2, 0.25) is 5.91 Å². The van der Waals surface area contributed by atoms with Gasteiger partial charge in [-0.1, -0.05) is 18.0 Å². The number of nitrogens with one attached hydrogen (secondary N) is 1. The van der Waals surface area contributed by atoms with Crippen LogP contribution in [-0.4, -0.2) is 48.8 Å². The van der Waals surface area contributed by atoms with E-state index >= 15 is 0 Å². The standard InChI is InChI=1S/C16H23ClN2O3/c1-22-15-6-5-12(17)10-14(15)18-16(21)7-9-19-8-3-2-4-13(19)11-20/h5-6,10,13,20H,2-4,7-9,11H2,1H3,(H,18,21). The van der Waals surface area contributed by atoms with E-state index in [2.05, 4.69) is 10.2 Å². The molecule has 1 saturated heterocycles. The van der Waals surface area contributed by atoms with Crippen LogP contribution in [-0.2, 0) is 4.79 Å². The lowest BCUT2D eigenvalue weighted by Gasteiger charge is -2.34. The molecule has 1 heterocycles. The first kappa shape index (κ1) is 17.1. The monoisotopic (exact) mass is 326 g/mol. The minimum atomic E-state index is -0.0807. The van der Waals surface area contributed by atoms with Crippen LogP contribution >= 0.6 is 11.6 Å². The molecule has 1 aromatic carbocycles. The smallest absolute Gasteiger partial charge is 0.225 e. The Balaban J connectivity index is 1.89. The molecule has 1 aliphatic heterocycles. The van der Waals surface area contributed by atoms with Gasteiger partial charge in [-0.3, -0.25) is 9.69 Å². The van der Waals surface area contributed by atoms with Crippen molar-refractivity contribution in [1.82, 2.24) is 4.90 Å². The Hall–Kier alpha value is -1.30. The number of piperidine rings is 1. The fourth-order valence-electron chi connectivity index (χ4n) is 2.80. The second kappa shape index (κ2) is 8.36. The summed E-state index contributed by atoms with van der Waals surface area (Å²) in [6.07, 6.45) is 3.65. The van der Waals surface area contributed by atoms with Crippen molar-refractivity contribution in [2.75, 3.05) is 32.1 Å². The van der Waals surface area contributed by atoms with E-state index < -0.39 is 0 Å². The van der Waals surface area contributed by atoms with E-state index in [-0.39, 0.29) is 18.6 Å². The minimum absolute atomic E-state index is 0.0807. The lowest BCUT2D eigenvalue weighted by atomic mass is 10.0. The van der Waals surface area contributed by atoms with Gasteiger partial charge in [-0.2, -0.15) is 0 Å². The number of nitrogens with zero attached hydrogens (tertiary/aromatic N) is 1. The number of methoxy groups -OCH3 is 1. The molecule has 0 radical (unpaired) electrons. The van der Waals surface area contributed by atoms with Gasteiger partial charge in [-0.25, -0.2) is 0 Å². The molecule has 1 amide bonds. The number of benzene rings is 1. The van der Waals surface area contributed by atoms with Gasteiger partial charge < -0.3 is 15.2 Å². The van der Waals surface area contributed by atoms with Crippen molar-refractivity contribution >= 4 is 23.2 Å². The molecule has 22 heavy (non-hydrogen) atoms. The summed E-state index contributed by atoms with van der Waals surface area (Å²) in [5.74, 6) is 0.506. The summed E-state index contributed by atoms with van der Waals surface area (Å²) in [6.45, 7) is 1.75. The zero-order valence-corrected chi connectivity index (χ0v) is 13.6. The van der Waals surface area contributed by atoms with Gasteiger partial charge in [0.1, 0.15) is 5.75 Å². The molecular formula is C16H23ClN2O3. The van der Waals surface area contributed by atoms with E-state index in [4.69, 9.17) is 16.3 Å². The number of aliphatic hydroxyl groups is 1. The molecule has 0 aromatic heterocycles.